The number of nitrogen functional groups attached to an aromatic ring is 1. The Bertz CT molecular complexity index is 468. The summed E-state index contributed by atoms with van der Waals surface area (Å²) in [5.41, 5.74) is 5.54. The topological polar surface area (TPSA) is 46.3 Å². The summed E-state index contributed by atoms with van der Waals surface area (Å²) >= 11 is 11.5. The molecule has 8 heteroatoms. The zero-order chi connectivity index (χ0) is 14.8. The molecular formula is C11H11Cl2F3N2O. The van der Waals surface area contributed by atoms with Gasteiger partial charge in [-0.25, -0.2) is 0 Å². The summed E-state index contributed by atoms with van der Waals surface area (Å²) in [5, 5.41) is 0.0535. The highest BCUT2D eigenvalue weighted by Gasteiger charge is 2.32. The Labute approximate surface area is 118 Å². The second kappa shape index (κ2) is 5.88. The molecule has 0 saturated heterocycles. The van der Waals surface area contributed by atoms with Gasteiger partial charge in [0.2, 0.25) is 0 Å². The third-order valence-electron chi connectivity index (χ3n) is 2.37. The number of nitrogens with zero attached hydrogens (tertiary/aromatic N) is 1. The number of carbonyl (C=O) groups is 1. The van der Waals surface area contributed by atoms with Crippen molar-refractivity contribution < 1.29 is 18.0 Å². The fourth-order valence-corrected chi connectivity index (χ4v) is 1.92. The lowest BCUT2D eigenvalue weighted by atomic mass is 10.1. The van der Waals surface area contributed by atoms with Crippen LogP contribution in [-0.2, 0) is 0 Å². The molecule has 1 rings (SSSR count). The van der Waals surface area contributed by atoms with E-state index in [1.807, 2.05) is 0 Å². The molecule has 0 aromatic heterocycles. The van der Waals surface area contributed by atoms with Crippen molar-refractivity contribution in [3.8, 4) is 0 Å². The molecule has 1 aromatic carbocycles. The molecule has 1 amide bonds. The van der Waals surface area contributed by atoms with Gasteiger partial charge in [-0.1, -0.05) is 23.2 Å². The molecule has 3 nitrogen and oxygen atoms in total. The molecule has 0 bridgehead atoms. The minimum Gasteiger partial charge on any atom is -0.396 e. The van der Waals surface area contributed by atoms with Crippen LogP contribution >= 0.6 is 23.2 Å². The molecule has 0 unspecified atom stereocenters. The van der Waals surface area contributed by atoms with Gasteiger partial charge in [0.15, 0.2) is 0 Å². The number of rotatable bonds is 3. The maximum absolute atomic E-state index is 12.3. The molecule has 106 valence electrons. The highest BCUT2D eigenvalue weighted by atomic mass is 35.5. The fourth-order valence-electron chi connectivity index (χ4n) is 1.43. The van der Waals surface area contributed by atoms with Gasteiger partial charge in [0.05, 0.1) is 15.7 Å². The average molecular weight is 315 g/mol. The molecule has 0 aliphatic carbocycles. The molecule has 0 aliphatic heterocycles. The van der Waals surface area contributed by atoms with E-state index < -0.39 is 18.6 Å². The zero-order valence-corrected chi connectivity index (χ0v) is 11.4. The van der Waals surface area contributed by atoms with Gasteiger partial charge in [0.1, 0.15) is 6.54 Å². The molecule has 0 aliphatic rings. The molecule has 0 heterocycles. The first kappa shape index (κ1) is 15.9. The molecule has 19 heavy (non-hydrogen) atoms. The van der Waals surface area contributed by atoms with Gasteiger partial charge in [-0.3, -0.25) is 4.79 Å². The van der Waals surface area contributed by atoms with Gasteiger partial charge in [-0.15, -0.1) is 0 Å². The number of alkyl halides is 3. The molecule has 0 saturated carbocycles. The number of nitrogens with two attached hydrogens (primary N) is 1. The van der Waals surface area contributed by atoms with E-state index in [4.69, 9.17) is 28.9 Å². The standard InChI is InChI=1S/C11H11Cl2F3N2O/c1-2-18(5-11(14,15)16)10(19)6-3-7(12)9(17)8(13)4-6/h3-4H,2,5,17H2,1H3. The van der Waals surface area contributed by atoms with Crippen molar-refractivity contribution in [2.75, 3.05) is 18.8 Å². The first-order valence-corrected chi connectivity index (χ1v) is 6.02. The maximum Gasteiger partial charge on any atom is 0.406 e. The number of amides is 1. The lowest BCUT2D eigenvalue weighted by Crippen LogP contribution is -2.38. The van der Waals surface area contributed by atoms with E-state index in [2.05, 4.69) is 0 Å². The van der Waals surface area contributed by atoms with Crippen LogP contribution in [0.4, 0.5) is 18.9 Å². The highest BCUT2D eigenvalue weighted by Crippen LogP contribution is 2.29. The number of halogens is 5. The average Bonchev–Trinajstić information content (AvgIpc) is 2.30. The van der Waals surface area contributed by atoms with E-state index >= 15 is 0 Å². The second-order valence-electron chi connectivity index (χ2n) is 3.79. The van der Waals surface area contributed by atoms with Crippen molar-refractivity contribution in [2.45, 2.75) is 13.1 Å². The predicted molar refractivity (Wildman–Crippen MR) is 68.5 cm³/mol. The Morgan fingerprint density at radius 3 is 2.16 bits per heavy atom. The minimum atomic E-state index is -4.47. The quantitative estimate of drug-likeness (QED) is 0.866. The Kier molecular flexibility index (Phi) is 4.92. The summed E-state index contributed by atoms with van der Waals surface area (Å²) in [6.07, 6.45) is -4.47. The monoisotopic (exact) mass is 314 g/mol. The highest BCUT2D eigenvalue weighted by molar-refractivity contribution is 6.39. The summed E-state index contributed by atoms with van der Waals surface area (Å²) < 4.78 is 37.0. The Balaban J connectivity index is 3.05. The number of anilines is 1. The summed E-state index contributed by atoms with van der Waals surface area (Å²) in [5.74, 6) is -0.802. The van der Waals surface area contributed by atoms with Crippen molar-refractivity contribution in [2.24, 2.45) is 0 Å². The molecule has 0 spiro atoms. The molecular weight excluding hydrogens is 304 g/mol. The number of benzene rings is 1. The van der Waals surface area contributed by atoms with E-state index in [-0.39, 0.29) is 27.8 Å². The van der Waals surface area contributed by atoms with Crippen LogP contribution in [0.1, 0.15) is 17.3 Å². The van der Waals surface area contributed by atoms with E-state index in [1.54, 1.807) is 0 Å². The van der Waals surface area contributed by atoms with Crippen LogP contribution in [0.3, 0.4) is 0 Å². The van der Waals surface area contributed by atoms with Crippen molar-refractivity contribution in [1.29, 1.82) is 0 Å². The van der Waals surface area contributed by atoms with Crippen LogP contribution in [0, 0.1) is 0 Å². The first-order valence-electron chi connectivity index (χ1n) is 5.26. The summed E-state index contributed by atoms with van der Waals surface area (Å²) in [6, 6.07) is 2.40. The van der Waals surface area contributed by atoms with Crippen LogP contribution in [0.5, 0.6) is 0 Å². The lowest BCUT2D eigenvalue weighted by Gasteiger charge is -2.22. The van der Waals surface area contributed by atoms with E-state index in [1.165, 1.54) is 19.1 Å². The van der Waals surface area contributed by atoms with Crippen molar-refractivity contribution in [1.82, 2.24) is 4.90 Å². The Morgan fingerprint density at radius 1 is 1.32 bits per heavy atom. The van der Waals surface area contributed by atoms with Crippen molar-refractivity contribution >= 4 is 34.8 Å². The molecule has 0 fully saturated rings. The van der Waals surface area contributed by atoms with Gasteiger partial charge < -0.3 is 10.6 Å². The molecule has 0 radical (unpaired) electrons. The Hall–Kier alpha value is -1.14. The summed E-state index contributed by atoms with van der Waals surface area (Å²) in [6.45, 7) is 0.0318. The van der Waals surface area contributed by atoms with Gasteiger partial charge in [-0.05, 0) is 19.1 Å². The number of hydrogen-bond acceptors (Lipinski definition) is 2. The van der Waals surface area contributed by atoms with E-state index in [0.29, 0.717) is 4.90 Å². The fraction of sp³-hybridized carbons (Fsp3) is 0.364. The van der Waals surface area contributed by atoms with Gasteiger partial charge in [0.25, 0.3) is 5.91 Å². The first-order chi connectivity index (χ1) is 8.65. The zero-order valence-electron chi connectivity index (χ0n) is 9.89. The van der Waals surface area contributed by atoms with Crippen LogP contribution in [0.2, 0.25) is 10.0 Å². The number of hydrogen-bond donors (Lipinski definition) is 1. The third kappa shape index (κ3) is 4.18. The Morgan fingerprint density at radius 2 is 1.79 bits per heavy atom. The SMILES string of the molecule is CCN(CC(F)(F)F)C(=O)c1cc(Cl)c(N)c(Cl)c1. The number of carbonyl (C=O) groups excluding carboxylic acids is 1. The smallest absolute Gasteiger partial charge is 0.396 e. The minimum absolute atomic E-state index is 0.0268. The maximum atomic E-state index is 12.3. The van der Waals surface area contributed by atoms with Crippen molar-refractivity contribution in [3.05, 3.63) is 27.7 Å². The van der Waals surface area contributed by atoms with Crippen LogP contribution in [-0.4, -0.2) is 30.1 Å². The molecule has 0 atom stereocenters. The van der Waals surface area contributed by atoms with Gasteiger partial charge in [0, 0.05) is 12.1 Å². The molecule has 2 N–H and O–H groups in total. The van der Waals surface area contributed by atoms with Crippen LogP contribution in [0.15, 0.2) is 12.1 Å². The summed E-state index contributed by atoms with van der Waals surface area (Å²) in [4.78, 5) is 12.6. The normalized spacial score (nSPS) is 11.5. The molecule has 1 aromatic rings. The second-order valence-corrected chi connectivity index (χ2v) is 4.60. The van der Waals surface area contributed by atoms with E-state index in [0.717, 1.165) is 0 Å². The van der Waals surface area contributed by atoms with Crippen molar-refractivity contribution in [3.63, 3.8) is 0 Å². The largest absolute Gasteiger partial charge is 0.406 e. The van der Waals surface area contributed by atoms with Gasteiger partial charge in [-0.2, -0.15) is 13.2 Å². The summed E-state index contributed by atoms with van der Waals surface area (Å²) in [7, 11) is 0. The predicted octanol–water partition coefficient (Wildman–Crippen LogP) is 3.60. The van der Waals surface area contributed by atoms with E-state index in [9.17, 15) is 18.0 Å². The van der Waals surface area contributed by atoms with Crippen LogP contribution in [0.25, 0.3) is 0 Å². The van der Waals surface area contributed by atoms with Gasteiger partial charge >= 0.3 is 6.18 Å². The third-order valence-corrected chi connectivity index (χ3v) is 2.99. The van der Waals surface area contributed by atoms with Crippen LogP contribution < -0.4 is 5.73 Å². The lowest BCUT2D eigenvalue weighted by molar-refractivity contribution is -0.140.